The van der Waals surface area contributed by atoms with Gasteiger partial charge in [0.05, 0.1) is 21.3 Å². The predicted molar refractivity (Wildman–Crippen MR) is 58.6 cm³/mol. The molecule has 0 aliphatic rings. The van der Waals surface area contributed by atoms with E-state index in [9.17, 15) is 0 Å². The summed E-state index contributed by atoms with van der Waals surface area (Å²) in [4.78, 5) is 0. The summed E-state index contributed by atoms with van der Waals surface area (Å²) in [6.07, 6.45) is 0. The van der Waals surface area contributed by atoms with E-state index in [1.165, 1.54) is 0 Å². The van der Waals surface area contributed by atoms with Gasteiger partial charge in [-0.15, -0.1) is 0 Å². The summed E-state index contributed by atoms with van der Waals surface area (Å²) in [5.41, 5.74) is 0. The molecular weight excluding hydrogens is 212 g/mol. The third-order valence-electron chi connectivity index (χ3n) is 1.98. The van der Waals surface area contributed by atoms with Crippen molar-refractivity contribution in [3.8, 4) is 23.0 Å². The molecule has 0 aliphatic carbocycles. The van der Waals surface area contributed by atoms with Gasteiger partial charge in [0.25, 0.3) is 0 Å². The molecule has 90 valence electrons. The molecule has 0 N–H and O–H groups in total. The van der Waals surface area contributed by atoms with Gasteiger partial charge in [0, 0.05) is 19.2 Å². The maximum absolute atomic E-state index is 5.30. The largest absolute Gasteiger partial charge is 0.493 e. The minimum absolute atomic E-state index is 0.165. The minimum Gasteiger partial charge on any atom is -0.493 e. The zero-order valence-corrected chi connectivity index (χ0v) is 9.90. The van der Waals surface area contributed by atoms with Gasteiger partial charge in [0.1, 0.15) is 5.75 Å². The van der Waals surface area contributed by atoms with Gasteiger partial charge < -0.3 is 23.7 Å². The van der Waals surface area contributed by atoms with Crippen molar-refractivity contribution in [2.75, 3.05) is 35.2 Å². The first kappa shape index (κ1) is 12.4. The van der Waals surface area contributed by atoms with E-state index in [2.05, 4.69) is 0 Å². The highest BCUT2D eigenvalue weighted by Gasteiger charge is 2.13. The van der Waals surface area contributed by atoms with E-state index in [0.29, 0.717) is 23.0 Å². The van der Waals surface area contributed by atoms with Crippen LogP contribution < -0.4 is 18.9 Å². The first-order valence-electron chi connectivity index (χ1n) is 4.68. The number of ether oxygens (including phenoxy) is 5. The Morgan fingerprint density at radius 1 is 0.875 bits per heavy atom. The molecule has 1 aromatic carbocycles. The molecule has 0 heterocycles. The van der Waals surface area contributed by atoms with Gasteiger partial charge in [0.15, 0.2) is 18.3 Å². The monoisotopic (exact) mass is 228 g/mol. The standard InChI is InChI=1S/C11H16O5/c1-12-7-16-8-5-9(13-2)11(15-4)10(6-8)14-3/h5-6H,7H2,1-4H3. The molecule has 0 amide bonds. The highest BCUT2D eigenvalue weighted by molar-refractivity contribution is 5.55. The second-order valence-corrected chi connectivity index (χ2v) is 2.91. The molecule has 0 atom stereocenters. The Balaban J connectivity index is 3.05. The fourth-order valence-electron chi connectivity index (χ4n) is 1.27. The first-order chi connectivity index (χ1) is 7.76. The molecule has 0 aliphatic heterocycles. The van der Waals surface area contributed by atoms with Gasteiger partial charge in [-0.05, 0) is 0 Å². The maximum atomic E-state index is 5.30. The van der Waals surface area contributed by atoms with Crippen LogP contribution in [0.3, 0.4) is 0 Å². The Morgan fingerprint density at radius 2 is 1.44 bits per heavy atom. The van der Waals surface area contributed by atoms with Crippen LogP contribution in [0.25, 0.3) is 0 Å². The van der Waals surface area contributed by atoms with Crippen LogP contribution >= 0.6 is 0 Å². The Bertz CT molecular complexity index is 312. The topological polar surface area (TPSA) is 46.2 Å². The number of hydrogen-bond acceptors (Lipinski definition) is 5. The lowest BCUT2D eigenvalue weighted by Gasteiger charge is -2.14. The number of hydrogen-bond donors (Lipinski definition) is 0. The first-order valence-corrected chi connectivity index (χ1v) is 4.68. The van der Waals surface area contributed by atoms with Crippen LogP contribution in [0.15, 0.2) is 12.1 Å². The van der Waals surface area contributed by atoms with Crippen molar-refractivity contribution in [3.63, 3.8) is 0 Å². The summed E-state index contributed by atoms with van der Waals surface area (Å²) in [6, 6.07) is 3.42. The molecule has 0 spiro atoms. The molecule has 5 nitrogen and oxygen atoms in total. The molecule has 1 aromatic rings. The van der Waals surface area contributed by atoms with E-state index >= 15 is 0 Å². The van der Waals surface area contributed by atoms with Crippen LogP contribution in [0.2, 0.25) is 0 Å². The van der Waals surface area contributed by atoms with E-state index in [0.717, 1.165) is 0 Å². The molecule has 0 radical (unpaired) electrons. The van der Waals surface area contributed by atoms with Gasteiger partial charge in [-0.25, -0.2) is 0 Å². The second kappa shape index (κ2) is 6.07. The molecule has 1 rings (SSSR count). The van der Waals surface area contributed by atoms with Gasteiger partial charge >= 0.3 is 0 Å². The van der Waals surface area contributed by atoms with Crippen LogP contribution in [0.5, 0.6) is 23.0 Å². The number of benzene rings is 1. The molecule has 0 fully saturated rings. The molecule has 5 heteroatoms. The van der Waals surface area contributed by atoms with Crippen LogP contribution in [0, 0.1) is 0 Å². The summed E-state index contributed by atoms with van der Waals surface area (Å²) in [5.74, 6) is 2.23. The van der Waals surface area contributed by atoms with Crippen molar-refractivity contribution < 1.29 is 23.7 Å². The van der Waals surface area contributed by atoms with Crippen molar-refractivity contribution in [3.05, 3.63) is 12.1 Å². The minimum atomic E-state index is 0.165. The third-order valence-corrected chi connectivity index (χ3v) is 1.98. The van der Waals surface area contributed by atoms with E-state index in [4.69, 9.17) is 23.7 Å². The van der Waals surface area contributed by atoms with Crippen LogP contribution in [-0.2, 0) is 4.74 Å². The Morgan fingerprint density at radius 3 is 1.81 bits per heavy atom. The normalized spacial score (nSPS) is 9.75. The molecule has 0 unspecified atom stereocenters. The summed E-state index contributed by atoms with van der Waals surface area (Å²) in [7, 11) is 6.21. The SMILES string of the molecule is COCOc1cc(OC)c(OC)c(OC)c1. The zero-order chi connectivity index (χ0) is 12.0. The lowest BCUT2D eigenvalue weighted by molar-refractivity contribution is 0.0507. The average molecular weight is 228 g/mol. The highest BCUT2D eigenvalue weighted by Crippen LogP contribution is 2.40. The van der Waals surface area contributed by atoms with E-state index in [-0.39, 0.29) is 6.79 Å². The molecular formula is C11H16O5. The van der Waals surface area contributed by atoms with E-state index < -0.39 is 0 Å². The quantitative estimate of drug-likeness (QED) is 0.693. The molecule has 0 aromatic heterocycles. The lowest BCUT2D eigenvalue weighted by atomic mass is 10.2. The maximum Gasteiger partial charge on any atom is 0.203 e. The average Bonchev–Trinajstić information content (AvgIpc) is 2.34. The van der Waals surface area contributed by atoms with Crippen molar-refractivity contribution >= 4 is 0 Å². The van der Waals surface area contributed by atoms with Gasteiger partial charge in [-0.1, -0.05) is 0 Å². The number of methoxy groups -OCH3 is 4. The van der Waals surface area contributed by atoms with Crippen LogP contribution in [0.1, 0.15) is 0 Å². The smallest absolute Gasteiger partial charge is 0.203 e. The lowest BCUT2D eigenvalue weighted by Crippen LogP contribution is -2.01. The zero-order valence-electron chi connectivity index (χ0n) is 9.90. The second-order valence-electron chi connectivity index (χ2n) is 2.91. The Kier molecular flexibility index (Phi) is 4.72. The van der Waals surface area contributed by atoms with Crippen LogP contribution in [0.4, 0.5) is 0 Å². The van der Waals surface area contributed by atoms with Gasteiger partial charge in [-0.2, -0.15) is 0 Å². The summed E-state index contributed by atoms with van der Waals surface area (Å²) in [6.45, 7) is 0.165. The molecule has 0 saturated heterocycles. The Labute approximate surface area is 94.8 Å². The highest BCUT2D eigenvalue weighted by atomic mass is 16.7. The molecule has 16 heavy (non-hydrogen) atoms. The van der Waals surface area contributed by atoms with Crippen molar-refractivity contribution in [2.45, 2.75) is 0 Å². The third kappa shape index (κ3) is 2.70. The summed E-state index contributed by atoms with van der Waals surface area (Å²) < 4.78 is 25.6. The molecule has 0 bridgehead atoms. The van der Waals surface area contributed by atoms with Crippen LogP contribution in [-0.4, -0.2) is 35.2 Å². The number of rotatable bonds is 6. The van der Waals surface area contributed by atoms with E-state index in [1.807, 2.05) is 0 Å². The fraction of sp³-hybridized carbons (Fsp3) is 0.455. The van der Waals surface area contributed by atoms with Gasteiger partial charge in [-0.3, -0.25) is 0 Å². The molecule has 0 saturated carbocycles. The fourth-order valence-corrected chi connectivity index (χ4v) is 1.27. The predicted octanol–water partition coefficient (Wildman–Crippen LogP) is 1.70. The Hall–Kier alpha value is -1.62. The van der Waals surface area contributed by atoms with Crippen molar-refractivity contribution in [1.82, 2.24) is 0 Å². The van der Waals surface area contributed by atoms with Gasteiger partial charge in [0.2, 0.25) is 5.75 Å². The van der Waals surface area contributed by atoms with Crippen molar-refractivity contribution in [2.24, 2.45) is 0 Å². The van der Waals surface area contributed by atoms with Crippen molar-refractivity contribution in [1.29, 1.82) is 0 Å². The summed E-state index contributed by atoms with van der Waals surface area (Å²) >= 11 is 0. The summed E-state index contributed by atoms with van der Waals surface area (Å²) in [5, 5.41) is 0. The van der Waals surface area contributed by atoms with E-state index in [1.54, 1.807) is 40.6 Å².